The summed E-state index contributed by atoms with van der Waals surface area (Å²) in [5.74, 6) is 0. The number of hydrogen-bond donors (Lipinski definition) is 1. The highest BCUT2D eigenvalue weighted by Crippen LogP contribution is 2.28. The molecule has 0 saturated heterocycles. The van der Waals surface area contributed by atoms with Gasteiger partial charge in [0.05, 0.1) is 0 Å². The Bertz CT molecular complexity index is 276. The van der Waals surface area contributed by atoms with Gasteiger partial charge >= 0.3 is 0 Å². The number of thiophene rings is 1. The highest BCUT2D eigenvalue weighted by molar-refractivity contribution is 7.11. The lowest BCUT2D eigenvalue weighted by Gasteiger charge is -2.23. The van der Waals surface area contributed by atoms with E-state index in [4.69, 9.17) is 5.73 Å². The summed E-state index contributed by atoms with van der Waals surface area (Å²) in [6.45, 7) is 7.58. The predicted octanol–water partition coefficient (Wildman–Crippen LogP) is 3.36. The molecule has 14 heavy (non-hydrogen) atoms. The largest absolute Gasteiger partial charge is 0.330 e. The zero-order chi connectivity index (χ0) is 10.6. The summed E-state index contributed by atoms with van der Waals surface area (Å²) in [6.07, 6.45) is 3.56. The quantitative estimate of drug-likeness (QED) is 0.794. The normalized spacial score (nSPS) is 12.0. The third kappa shape index (κ3) is 3.81. The zero-order valence-electron chi connectivity index (χ0n) is 9.47. The predicted molar refractivity (Wildman–Crippen MR) is 64.8 cm³/mol. The summed E-state index contributed by atoms with van der Waals surface area (Å²) in [5, 5.41) is 0. The van der Waals surface area contributed by atoms with Crippen molar-refractivity contribution in [3.8, 4) is 0 Å². The van der Waals surface area contributed by atoms with Crippen molar-refractivity contribution >= 4 is 11.3 Å². The van der Waals surface area contributed by atoms with Crippen LogP contribution in [0.1, 0.15) is 36.4 Å². The van der Waals surface area contributed by atoms with E-state index in [1.165, 1.54) is 22.6 Å². The van der Waals surface area contributed by atoms with Gasteiger partial charge in [0.15, 0.2) is 0 Å². The van der Waals surface area contributed by atoms with Crippen molar-refractivity contribution in [2.75, 3.05) is 6.54 Å². The lowest BCUT2D eigenvalue weighted by molar-refractivity contribution is 0.314. The lowest BCUT2D eigenvalue weighted by Crippen LogP contribution is -2.17. The van der Waals surface area contributed by atoms with Crippen LogP contribution >= 0.6 is 11.3 Å². The Kier molecular flexibility index (Phi) is 4.14. The molecule has 0 bridgehead atoms. The molecule has 0 fully saturated rings. The van der Waals surface area contributed by atoms with Gasteiger partial charge < -0.3 is 5.73 Å². The molecule has 0 spiro atoms. The molecule has 1 nitrogen and oxygen atoms in total. The van der Waals surface area contributed by atoms with Gasteiger partial charge in [-0.05, 0) is 50.3 Å². The molecule has 0 aliphatic rings. The summed E-state index contributed by atoms with van der Waals surface area (Å²) >= 11 is 1.92. The van der Waals surface area contributed by atoms with E-state index in [0.29, 0.717) is 5.41 Å². The molecule has 0 atom stereocenters. The Morgan fingerprint density at radius 2 is 2.00 bits per heavy atom. The highest BCUT2D eigenvalue weighted by atomic mass is 32.1. The Balaban J connectivity index is 2.40. The second kappa shape index (κ2) is 4.94. The topological polar surface area (TPSA) is 26.0 Å². The second-order valence-corrected chi connectivity index (χ2v) is 6.09. The van der Waals surface area contributed by atoms with Gasteiger partial charge in [0.2, 0.25) is 0 Å². The van der Waals surface area contributed by atoms with Gasteiger partial charge in [-0.15, -0.1) is 11.3 Å². The van der Waals surface area contributed by atoms with Crippen LogP contribution in [0.3, 0.4) is 0 Å². The van der Waals surface area contributed by atoms with Gasteiger partial charge in [0, 0.05) is 9.75 Å². The van der Waals surface area contributed by atoms with E-state index in [1.54, 1.807) is 0 Å². The molecule has 80 valence electrons. The molecular formula is C12H21NS. The third-order valence-corrected chi connectivity index (χ3v) is 3.73. The molecular weight excluding hydrogens is 190 g/mol. The smallest absolute Gasteiger partial charge is 0.00482 e. The van der Waals surface area contributed by atoms with E-state index in [2.05, 4.69) is 32.9 Å². The fourth-order valence-electron chi connectivity index (χ4n) is 1.60. The minimum Gasteiger partial charge on any atom is -0.330 e. The molecule has 0 radical (unpaired) electrons. The first-order valence-electron chi connectivity index (χ1n) is 5.29. The van der Waals surface area contributed by atoms with Crippen LogP contribution in [-0.4, -0.2) is 6.54 Å². The summed E-state index contributed by atoms with van der Waals surface area (Å²) in [7, 11) is 0. The third-order valence-electron chi connectivity index (χ3n) is 2.67. The van der Waals surface area contributed by atoms with Crippen LogP contribution in [0.15, 0.2) is 12.1 Å². The lowest BCUT2D eigenvalue weighted by atomic mass is 9.84. The van der Waals surface area contributed by atoms with Crippen molar-refractivity contribution < 1.29 is 0 Å². The molecule has 1 aromatic rings. The Hall–Kier alpha value is -0.340. The van der Waals surface area contributed by atoms with Crippen LogP contribution in [0.5, 0.6) is 0 Å². The minimum absolute atomic E-state index is 0.395. The van der Waals surface area contributed by atoms with Gasteiger partial charge in [-0.3, -0.25) is 0 Å². The maximum absolute atomic E-state index is 5.59. The van der Waals surface area contributed by atoms with Crippen LogP contribution in [-0.2, 0) is 6.42 Å². The first kappa shape index (κ1) is 11.7. The second-order valence-electron chi connectivity index (χ2n) is 4.72. The summed E-state index contributed by atoms with van der Waals surface area (Å²) < 4.78 is 0. The Morgan fingerprint density at radius 3 is 2.50 bits per heavy atom. The maximum Gasteiger partial charge on any atom is 0.00482 e. The molecule has 0 aromatic carbocycles. The van der Waals surface area contributed by atoms with Crippen molar-refractivity contribution in [1.29, 1.82) is 0 Å². The van der Waals surface area contributed by atoms with Crippen LogP contribution in [0.2, 0.25) is 0 Å². The van der Waals surface area contributed by atoms with Gasteiger partial charge in [-0.2, -0.15) is 0 Å². The van der Waals surface area contributed by atoms with Crippen molar-refractivity contribution in [3.63, 3.8) is 0 Å². The minimum atomic E-state index is 0.395. The number of nitrogens with two attached hydrogens (primary N) is 1. The molecule has 0 saturated carbocycles. The van der Waals surface area contributed by atoms with E-state index >= 15 is 0 Å². The number of rotatable bonds is 5. The van der Waals surface area contributed by atoms with Crippen LogP contribution < -0.4 is 5.73 Å². The fraction of sp³-hybridized carbons (Fsp3) is 0.667. The first-order valence-corrected chi connectivity index (χ1v) is 6.10. The van der Waals surface area contributed by atoms with Gasteiger partial charge in [-0.1, -0.05) is 13.8 Å². The van der Waals surface area contributed by atoms with E-state index < -0.39 is 0 Å². The SMILES string of the molecule is Cc1ccc(CCC(C)(C)CCN)s1. The van der Waals surface area contributed by atoms with Gasteiger partial charge in [-0.25, -0.2) is 0 Å². The number of aryl methyl sites for hydroxylation is 2. The van der Waals surface area contributed by atoms with E-state index in [1.807, 2.05) is 11.3 Å². The van der Waals surface area contributed by atoms with Crippen LogP contribution in [0.25, 0.3) is 0 Å². The molecule has 2 N–H and O–H groups in total. The molecule has 1 rings (SSSR count). The van der Waals surface area contributed by atoms with Gasteiger partial charge in [0.1, 0.15) is 0 Å². The highest BCUT2D eigenvalue weighted by Gasteiger charge is 2.16. The zero-order valence-corrected chi connectivity index (χ0v) is 10.3. The van der Waals surface area contributed by atoms with Crippen molar-refractivity contribution in [2.24, 2.45) is 11.1 Å². The van der Waals surface area contributed by atoms with E-state index in [0.717, 1.165) is 13.0 Å². The summed E-state index contributed by atoms with van der Waals surface area (Å²) in [4.78, 5) is 2.92. The van der Waals surface area contributed by atoms with Crippen molar-refractivity contribution in [3.05, 3.63) is 21.9 Å². The van der Waals surface area contributed by atoms with Crippen molar-refractivity contribution in [2.45, 2.75) is 40.0 Å². The van der Waals surface area contributed by atoms with E-state index in [9.17, 15) is 0 Å². The molecule has 1 heterocycles. The molecule has 0 aliphatic heterocycles. The molecule has 0 amide bonds. The van der Waals surface area contributed by atoms with Crippen LogP contribution in [0.4, 0.5) is 0 Å². The monoisotopic (exact) mass is 211 g/mol. The van der Waals surface area contributed by atoms with Gasteiger partial charge in [0.25, 0.3) is 0 Å². The maximum atomic E-state index is 5.59. The average molecular weight is 211 g/mol. The Labute approximate surface area is 91.3 Å². The summed E-state index contributed by atoms with van der Waals surface area (Å²) in [6, 6.07) is 4.45. The van der Waals surface area contributed by atoms with E-state index in [-0.39, 0.29) is 0 Å². The first-order chi connectivity index (χ1) is 6.53. The Morgan fingerprint density at radius 1 is 1.29 bits per heavy atom. The van der Waals surface area contributed by atoms with Crippen LogP contribution in [0, 0.1) is 12.3 Å². The summed E-state index contributed by atoms with van der Waals surface area (Å²) in [5.41, 5.74) is 5.99. The molecule has 0 aliphatic carbocycles. The molecule has 1 aromatic heterocycles. The molecule has 2 heteroatoms. The molecule has 0 unspecified atom stereocenters. The fourth-order valence-corrected chi connectivity index (χ4v) is 2.49. The van der Waals surface area contributed by atoms with Crippen molar-refractivity contribution in [1.82, 2.24) is 0 Å². The average Bonchev–Trinajstić information content (AvgIpc) is 2.48. The standard InChI is InChI=1S/C12H21NS/c1-10-4-5-11(14-10)6-7-12(2,3)8-9-13/h4-5H,6-9,13H2,1-3H3. The number of hydrogen-bond acceptors (Lipinski definition) is 2.